The normalized spacial score (nSPS) is 13.5. The van der Waals surface area contributed by atoms with E-state index in [1.807, 2.05) is 12.1 Å². The summed E-state index contributed by atoms with van der Waals surface area (Å²) in [5, 5.41) is 3.58. The summed E-state index contributed by atoms with van der Waals surface area (Å²) in [6, 6.07) is 7.29. The van der Waals surface area contributed by atoms with E-state index in [-0.39, 0.29) is 5.91 Å². The van der Waals surface area contributed by atoms with Crippen LogP contribution in [0.1, 0.15) is 9.67 Å². The van der Waals surface area contributed by atoms with Crippen LogP contribution in [-0.4, -0.2) is 63.5 Å². The number of carbonyl (C=O) groups is 1. The van der Waals surface area contributed by atoms with Crippen molar-refractivity contribution >= 4 is 28.7 Å². The van der Waals surface area contributed by atoms with Gasteiger partial charge in [0.15, 0.2) is 11.5 Å². The molecule has 2 aromatic heterocycles. The van der Waals surface area contributed by atoms with Crippen LogP contribution in [0.4, 0.5) is 11.5 Å². The van der Waals surface area contributed by atoms with Crippen molar-refractivity contribution in [2.45, 2.75) is 0 Å². The molecule has 0 aliphatic carbocycles. The highest BCUT2D eigenvalue weighted by Gasteiger charge is 2.17. The van der Waals surface area contributed by atoms with E-state index in [2.05, 4.69) is 20.2 Å². The molecule has 4 rings (SSSR count). The lowest BCUT2D eigenvalue weighted by Crippen LogP contribution is -2.36. The molecular weight excluding hydrogens is 432 g/mol. The standard InChI is InChI=1S/C22H24N4O5S/c1-28-16-10-15(11-17(29-2)20(16)30-3)25-21(27)18-13-24-22(32-18)14-4-5-19(23-12-14)26-6-8-31-9-7-26/h4-5,10-13H,6-9H2,1-3H3,(H,25,27). The number of pyridine rings is 1. The van der Waals surface area contributed by atoms with Gasteiger partial charge in [0.05, 0.1) is 40.7 Å². The molecule has 3 heterocycles. The maximum Gasteiger partial charge on any atom is 0.267 e. The molecule has 9 nitrogen and oxygen atoms in total. The number of aromatic nitrogens is 2. The minimum atomic E-state index is -0.277. The Morgan fingerprint density at radius 1 is 1.03 bits per heavy atom. The van der Waals surface area contributed by atoms with E-state index < -0.39 is 0 Å². The highest BCUT2D eigenvalue weighted by atomic mass is 32.1. The Hall–Kier alpha value is -3.37. The Labute approximate surface area is 189 Å². The van der Waals surface area contributed by atoms with Crippen molar-refractivity contribution in [3.05, 3.63) is 41.5 Å². The predicted molar refractivity (Wildman–Crippen MR) is 122 cm³/mol. The van der Waals surface area contributed by atoms with Gasteiger partial charge in [-0.2, -0.15) is 0 Å². The van der Waals surface area contributed by atoms with Crippen LogP contribution < -0.4 is 24.4 Å². The van der Waals surface area contributed by atoms with Gasteiger partial charge in [-0.15, -0.1) is 11.3 Å². The van der Waals surface area contributed by atoms with Crippen LogP contribution in [0.3, 0.4) is 0 Å². The number of hydrogen-bond donors (Lipinski definition) is 1. The van der Waals surface area contributed by atoms with Gasteiger partial charge in [-0.3, -0.25) is 4.79 Å². The second-order valence-electron chi connectivity index (χ2n) is 6.90. The number of carbonyl (C=O) groups excluding carboxylic acids is 1. The van der Waals surface area contributed by atoms with Crippen LogP contribution in [0.25, 0.3) is 10.6 Å². The number of ether oxygens (including phenoxy) is 4. The average molecular weight is 457 g/mol. The van der Waals surface area contributed by atoms with Gasteiger partial charge < -0.3 is 29.2 Å². The molecule has 1 N–H and O–H groups in total. The van der Waals surface area contributed by atoms with E-state index >= 15 is 0 Å². The van der Waals surface area contributed by atoms with Crippen molar-refractivity contribution in [3.63, 3.8) is 0 Å². The van der Waals surface area contributed by atoms with E-state index in [0.717, 1.165) is 29.5 Å². The van der Waals surface area contributed by atoms with Crippen molar-refractivity contribution < 1.29 is 23.7 Å². The van der Waals surface area contributed by atoms with Crippen LogP contribution in [0, 0.1) is 0 Å². The van der Waals surface area contributed by atoms with Crippen molar-refractivity contribution in [3.8, 4) is 27.8 Å². The Bertz CT molecular complexity index is 1060. The Kier molecular flexibility index (Phi) is 6.72. The van der Waals surface area contributed by atoms with E-state index in [9.17, 15) is 4.79 Å². The van der Waals surface area contributed by atoms with Crippen LogP contribution in [0.15, 0.2) is 36.7 Å². The van der Waals surface area contributed by atoms with Gasteiger partial charge in [-0.1, -0.05) is 0 Å². The molecule has 1 fully saturated rings. The number of anilines is 2. The van der Waals surface area contributed by atoms with E-state index in [4.69, 9.17) is 18.9 Å². The minimum absolute atomic E-state index is 0.277. The summed E-state index contributed by atoms with van der Waals surface area (Å²) < 4.78 is 21.4. The molecule has 0 radical (unpaired) electrons. The maximum absolute atomic E-state index is 12.8. The quantitative estimate of drug-likeness (QED) is 0.579. The molecule has 168 valence electrons. The number of thiazole rings is 1. The SMILES string of the molecule is COc1cc(NC(=O)c2cnc(-c3ccc(N4CCOCC4)nc3)s2)cc(OC)c1OC. The number of nitrogens with one attached hydrogen (secondary N) is 1. The molecule has 0 spiro atoms. The zero-order chi connectivity index (χ0) is 22.5. The third-order valence-electron chi connectivity index (χ3n) is 4.98. The van der Waals surface area contributed by atoms with Crippen LogP contribution in [0.5, 0.6) is 17.2 Å². The highest BCUT2D eigenvalue weighted by Crippen LogP contribution is 2.40. The third kappa shape index (κ3) is 4.61. The number of morpholine rings is 1. The summed E-state index contributed by atoms with van der Waals surface area (Å²) in [4.78, 5) is 24.4. The first-order chi connectivity index (χ1) is 15.6. The lowest BCUT2D eigenvalue weighted by Gasteiger charge is -2.27. The van der Waals surface area contributed by atoms with Gasteiger partial charge >= 0.3 is 0 Å². The van der Waals surface area contributed by atoms with Gasteiger partial charge in [0, 0.05) is 42.7 Å². The number of hydrogen-bond acceptors (Lipinski definition) is 9. The average Bonchev–Trinajstić information content (AvgIpc) is 3.34. The number of benzene rings is 1. The van der Waals surface area contributed by atoms with Crippen molar-refractivity contribution in [2.24, 2.45) is 0 Å². The van der Waals surface area contributed by atoms with Gasteiger partial charge in [-0.25, -0.2) is 9.97 Å². The van der Waals surface area contributed by atoms with Crippen LogP contribution in [-0.2, 0) is 4.74 Å². The fourth-order valence-electron chi connectivity index (χ4n) is 3.35. The third-order valence-corrected chi connectivity index (χ3v) is 6.03. The fraction of sp³-hybridized carbons (Fsp3) is 0.318. The molecule has 1 amide bonds. The molecule has 32 heavy (non-hydrogen) atoms. The molecule has 1 saturated heterocycles. The van der Waals surface area contributed by atoms with Gasteiger partial charge in [0.25, 0.3) is 5.91 Å². The fourth-order valence-corrected chi connectivity index (χ4v) is 4.15. The van der Waals surface area contributed by atoms with Gasteiger partial charge in [0.2, 0.25) is 5.75 Å². The van der Waals surface area contributed by atoms with Gasteiger partial charge in [0.1, 0.15) is 15.7 Å². The van der Waals surface area contributed by atoms with Gasteiger partial charge in [-0.05, 0) is 12.1 Å². The number of amides is 1. The van der Waals surface area contributed by atoms with Crippen molar-refractivity contribution in [1.29, 1.82) is 0 Å². The lowest BCUT2D eigenvalue weighted by atomic mass is 10.2. The summed E-state index contributed by atoms with van der Waals surface area (Å²) >= 11 is 1.30. The lowest BCUT2D eigenvalue weighted by molar-refractivity contribution is 0.103. The molecule has 10 heteroatoms. The highest BCUT2D eigenvalue weighted by molar-refractivity contribution is 7.17. The molecule has 0 saturated carbocycles. The van der Waals surface area contributed by atoms with E-state index in [1.54, 1.807) is 24.5 Å². The Morgan fingerprint density at radius 2 is 1.75 bits per heavy atom. The van der Waals surface area contributed by atoms with Crippen molar-refractivity contribution in [2.75, 3.05) is 57.8 Å². The predicted octanol–water partition coefficient (Wildman–Crippen LogP) is 3.32. The zero-order valence-corrected chi connectivity index (χ0v) is 18.9. The first-order valence-corrected chi connectivity index (χ1v) is 10.8. The molecule has 1 aliphatic rings. The molecule has 1 aliphatic heterocycles. The summed E-state index contributed by atoms with van der Waals surface area (Å²) in [5.41, 5.74) is 1.38. The number of nitrogens with zero attached hydrogens (tertiary/aromatic N) is 3. The topological polar surface area (TPSA) is 95.0 Å². The number of rotatable bonds is 7. The largest absolute Gasteiger partial charge is 0.493 e. The summed E-state index contributed by atoms with van der Waals surface area (Å²) in [7, 11) is 4.58. The zero-order valence-electron chi connectivity index (χ0n) is 18.1. The molecule has 1 aromatic carbocycles. The van der Waals surface area contributed by atoms with E-state index in [1.165, 1.54) is 32.7 Å². The second-order valence-corrected chi connectivity index (χ2v) is 7.93. The molecule has 3 aromatic rings. The minimum Gasteiger partial charge on any atom is -0.493 e. The molecule has 0 atom stereocenters. The smallest absolute Gasteiger partial charge is 0.267 e. The monoisotopic (exact) mass is 456 g/mol. The first-order valence-electron chi connectivity index (χ1n) is 9.99. The first kappa shape index (κ1) is 21.8. The molecular formula is C22H24N4O5S. The van der Waals surface area contributed by atoms with Crippen LogP contribution in [0.2, 0.25) is 0 Å². The summed E-state index contributed by atoms with van der Waals surface area (Å²) in [6.07, 6.45) is 3.34. The maximum atomic E-state index is 12.8. The Balaban J connectivity index is 1.48. The second kappa shape index (κ2) is 9.84. The van der Waals surface area contributed by atoms with Crippen LogP contribution >= 0.6 is 11.3 Å². The molecule has 0 bridgehead atoms. The summed E-state index contributed by atoms with van der Waals surface area (Å²) in [5.74, 6) is 2.01. The van der Waals surface area contributed by atoms with Crippen molar-refractivity contribution in [1.82, 2.24) is 9.97 Å². The Morgan fingerprint density at radius 3 is 2.34 bits per heavy atom. The summed E-state index contributed by atoms with van der Waals surface area (Å²) in [6.45, 7) is 3.07. The molecule has 0 unspecified atom stereocenters. The van der Waals surface area contributed by atoms with E-state index in [0.29, 0.717) is 41.0 Å². The number of methoxy groups -OCH3 is 3.